The molecule has 0 saturated heterocycles. The number of hydrogen-bond acceptors (Lipinski definition) is 1. The van der Waals surface area contributed by atoms with Crippen LogP contribution >= 0.6 is 11.6 Å². The van der Waals surface area contributed by atoms with Crippen molar-refractivity contribution in [2.45, 2.75) is 71.6 Å². The van der Waals surface area contributed by atoms with Crippen molar-refractivity contribution in [3.05, 3.63) is 0 Å². The second-order valence-electron chi connectivity index (χ2n) is 4.56. The molecule has 0 rings (SSSR count). The van der Waals surface area contributed by atoms with Gasteiger partial charge in [-0.2, -0.15) is 0 Å². The zero-order valence-corrected chi connectivity index (χ0v) is 11.0. The van der Waals surface area contributed by atoms with Gasteiger partial charge in [0.1, 0.15) is 0 Å². The van der Waals surface area contributed by atoms with Crippen molar-refractivity contribution in [3.63, 3.8) is 0 Å². The summed E-state index contributed by atoms with van der Waals surface area (Å²) in [4.78, 5) is 10.5. The molecule has 0 saturated carbocycles. The molecule has 1 nitrogen and oxygen atoms in total. The Morgan fingerprint density at radius 3 is 2.27 bits per heavy atom. The van der Waals surface area contributed by atoms with Crippen molar-refractivity contribution in [2.75, 3.05) is 0 Å². The van der Waals surface area contributed by atoms with Gasteiger partial charge in [0.2, 0.25) is 5.24 Å². The van der Waals surface area contributed by atoms with E-state index in [0.29, 0.717) is 6.42 Å². The van der Waals surface area contributed by atoms with Crippen LogP contribution in [0.25, 0.3) is 0 Å². The third-order valence-corrected chi connectivity index (χ3v) is 3.06. The van der Waals surface area contributed by atoms with Crippen LogP contribution in [0.1, 0.15) is 71.6 Å². The second-order valence-corrected chi connectivity index (χ2v) is 4.98. The molecule has 0 radical (unpaired) electrons. The third kappa shape index (κ3) is 11.9. The zero-order chi connectivity index (χ0) is 11.5. The van der Waals surface area contributed by atoms with Gasteiger partial charge in [-0.3, -0.25) is 4.79 Å². The van der Waals surface area contributed by atoms with Crippen molar-refractivity contribution < 1.29 is 4.79 Å². The summed E-state index contributed by atoms with van der Waals surface area (Å²) in [5, 5.41) is -0.190. The summed E-state index contributed by atoms with van der Waals surface area (Å²) in [7, 11) is 0. The molecule has 0 amide bonds. The van der Waals surface area contributed by atoms with E-state index in [1.54, 1.807) is 0 Å². The van der Waals surface area contributed by atoms with Gasteiger partial charge in [-0.25, -0.2) is 0 Å². The average molecular weight is 233 g/mol. The molecule has 90 valence electrons. The van der Waals surface area contributed by atoms with Crippen LogP contribution in [0.4, 0.5) is 0 Å². The van der Waals surface area contributed by atoms with Gasteiger partial charge in [-0.05, 0) is 23.9 Å². The third-order valence-electron chi connectivity index (χ3n) is 2.87. The minimum absolute atomic E-state index is 0.190. The van der Waals surface area contributed by atoms with E-state index in [2.05, 4.69) is 13.8 Å². The Balaban J connectivity index is 3.18. The summed E-state index contributed by atoms with van der Waals surface area (Å²) < 4.78 is 0. The molecule has 0 aliphatic rings. The van der Waals surface area contributed by atoms with Gasteiger partial charge in [0.25, 0.3) is 0 Å². The van der Waals surface area contributed by atoms with E-state index in [4.69, 9.17) is 11.6 Å². The van der Waals surface area contributed by atoms with E-state index in [9.17, 15) is 4.79 Å². The van der Waals surface area contributed by atoms with E-state index in [1.807, 2.05) is 0 Å². The van der Waals surface area contributed by atoms with E-state index in [1.165, 1.54) is 38.5 Å². The van der Waals surface area contributed by atoms with Crippen LogP contribution in [0.2, 0.25) is 0 Å². The summed E-state index contributed by atoms with van der Waals surface area (Å²) in [6.45, 7) is 4.52. The highest BCUT2D eigenvalue weighted by Gasteiger charge is 2.03. The Labute approximate surface area is 99.6 Å². The smallest absolute Gasteiger partial charge is 0.221 e. The monoisotopic (exact) mass is 232 g/mol. The largest absolute Gasteiger partial charge is 0.281 e. The molecule has 2 heteroatoms. The number of hydrogen-bond donors (Lipinski definition) is 0. The van der Waals surface area contributed by atoms with Crippen molar-refractivity contribution in [1.29, 1.82) is 0 Å². The summed E-state index contributed by atoms with van der Waals surface area (Å²) in [5.41, 5.74) is 0. The quantitative estimate of drug-likeness (QED) is 0.386. The first-order valence-corrected chi connectivity index (χ1v) is 6.73. The number of carbonyl (C=O) groups excluding carboxylic acids is 1. The first-order chi connectivity index (χ1) is 7.16. The van der Waals surface area contributed by atoms with Crippen LogP contribution in [0.5, 0.6) is 0 Å². The molecule has 1 atom stereocenters. The van der Waals surface area contributed by atoms with Crippen LogP contribution in [-0.2, 0) is 4.79 Å². The number of carbonyl (C=O) groups is 1. The summed E-state index contributed by atoms with van der Waals surface area (Å²) >= 11 is 5.28. The first kappa shape index (κ1) is 15.0. The lowest BCUT2D eigenvalue weighted by molar-refractivity contribution is -0.111. The van der Waals surface area contributed by atoms with Crippen LogP contribution in [0.3, 0.4) is 0 Å². The fourth-order valence-corrected chi connectivity index (χ4v) is 1.96. The highest BCUT2D eigenvalue weighted by molar-refractivity contribution is 6.63. The molecule has 15 heavy (non-hydrogen) atoms. The zero-order valence-electron chi connectivity index (χ0n) is 10.2. The molecular formula is C13H25ClO. The standard InChI is InChI=1S/C13H25ClO/c1-3-4-5-6-7-9-12(2)10-8-11-13(14)15/h12H,3-11H2,1-2H3. The van der Waals surface area contributed by atoms with Crippen LogP contribution < -0.4 is 0 Å². The Bertz CT molecular complexity index is 157. The van der Waals surface area contributed by atoms with Crippen LogP contribution in [-0.4, -0.2) is 5.24 Å². The number of unbranched alkanes of at least 4 members (excludes halogenated alkanes) is 4. The van der Waals surface area contributed by atoms with Gasteiger partial charge < -0.3 is 0 Å². The number of halogens is 1. The first-order valence-electron chi connectivity index (χ1n) is 6.35. The van der Waals surface area contributed by atoms with Crippen molar-refractivity contribution in [1.82, 2.24) is 0 Å². The lowest BCUT2D eigenvalue weighted by Crippen LogP contribution is -1.96. The van der Waals surface area contributed by atoms with Crippen LogP contribution in [0.15, 0.2) is 0 Å². The van der Waals surface area contributed by atoms with E-state index >= 15 is 0 Å². The molecule has 0 aromatic heterocycles. The van der Waals surface area contributed by atoms with Gasteiger partial charge in [-0.1, -0.05) is 58.8 Å². The lowest BCUT2D eigenvalue weighted by atomic mass is 9.97. The Kier molecular flexibility index (Phi) is 10.4. The molecule has 0 N–H and O–H groups in total. The fraction of sp³-hybridized carbons (Fsp3) is 0.923. The number of rotatable bonds is 10. The molecular weight excluding hydrogens is 208 g/mol. The molecule has 0 spiro atoms. The SMILES string of the molecule is CCCCCCCC(C)CCCC(=O)Cl. The average Bonchev–Trinajstić information content (AvgIpc) is 2.17. The summed E-state index contributed by atoms with van der Waals surface area (Å²) in [5.74, 6) is 0.752. The molecule has 0 aliphatic carbocycles. The molecule has 0 aromatic carbocycles. The highest BCUT2D eigenvalue weighted by atomic mass is 35.5. The van der Waals surface area contributed by atoms with Crippen molar-refractivity contribution in [3.8, 4) is 0 Å². The maximum atomic E-state index is 10.5. The molecule has 0 fully saturated rings. The normalized spacial score (nSPS) is 12.7. The maximum Gasteiger partial charge on any atom is 0.221 e. The van der Waals surface area contributed by atoms with Gasteiger partial charge in [0.05, 0.1) is 0 Å². The predicted molar refractivity (Wildman–Crippen MR) is 67.3 cm³/mol. The lowest BCUT2D eigenvalue weighted by Gasteiger charge is -2.09. The van der Waals surface area contributed by atoms with Crippen molar-refractivity contribution >= 4 is 16.8 Å². The van der Waals surface area contributed by atoms with Crippen molar-refractivity contribution in [2.24, 2.45) is 5.92 Å². The molecule has 0 heterocycles. The summed E-state index contributed by atoms with van der Waals surface area (Å²) in [6, 6.07) is 0. The van der Waals surface area contributed by atoms with E-state index < -0.39 is 0 Å². The van der Waals surface area contributed by atoms with Gasteiger partial charge >= 0.3 is 0 Å². The fourth-order valence-electron chi connectivity index (χ4n) is 1.83. The van der Waals surface area contributed by atoms with E-state index in [0.717, 1.165) is 18.8 Å². The van der Waals surface area contributed by atoms with Gasteiger partial charge in [0.15, 0.2) is 0 Å². The van der Waals surface area contributed by atoms with Gasteiger partial charge in [-0.15, -0.1) is 0 Å². The van der Waals surface area contributed by atoms with E-state index in [-0.39, 0.29) is 5.24 Å². The second kappa shape index (κ2) is 10.5. The Morgan fingerprint density at radius 1 is 1.07 bits per heavy atom. The minimum Gasteiger partial charge on any atom is -0.281 e. The Morgan fingerprint density at radius 2 is 1.67 bits per heavy atom. The van der Waals surface area contributed by atoms with Gasteiger partial charge in [0, 0.05) is 6.42 Å². The molecule has 0 aliphatic heterocycles. The minimum atomic E-state index is -0.190. The maximum absolute atomic E-state index is 10.5. The highest BCUT2D eigenvalue weighted by Crippen LogP contribution is 2.17. The molecule has 0 aromatic rings. The molecule has 0 bridgehead atoms. The Hall–Kier alpha value is -0.0400. The summed E-state index contributed by atoms with van der Waals surface area (Å²) in [6.07, 6.45) is 10.7. The molecule has 1 unspecified atom stereocenters. The van der Waals surface area contributed by atoms with Crippen LogP contribution in [0, 0.1) is 5.92 Å². The predicted octanol–water partition coefficient (Wildman–Crippen LogP) is 4.92. The topological polar surface area (TPSA) is 17.1 Å².